The molecule has 3 rings (SSSR count). The van der Waals surface area contributed by atoms with E-state index in [1.54, 1.807) is 0 Å². The van der Waals surface area contributed by atoms with E-state index in [4.69, 9.17) is 0 Å². The molecule has 0 amide bonds. The maximum Gasteiger partial charge on any atom is 0.0245 e. The average molecular weight is 343 g/mol. The normalized spacial score (nSPS) is 19.9. The summed E-state index contributed by atoms with van der Waals surface area (Å²) < 4.78 is 0. The van der Waals surface area contributed by atoms with Crippen LogP contribution < -0.4 is 0 Å². The molecule has 0 heteroatoms. The van der Waals surface area contributed by atoms with Gasteiger partial charge in [-0.1, -0.05) is 67.8 Å². The zero-order valence-corrected chi connectivity index (χ0v) is 16.2. The van der Waals surface area contributed by atoms with Gasteiger partial charge in [0.05, 0.1) is 0 Å². The van der Waals surface area contributed by atoms with Crippen LogP contribution in [0.4, 0.5) is 0 Å². The fraction of sp³-hybridized carbons (Fsp3) is 0.385. The van der Waals surface area contributed by atoms with Crippen LogP contribution in [0.2, 0.25) is 0 Å². The Bertz CT molecular complexity index is 758. The van der Waals surface area contributed by atoms with Gasteiger partial charge in [-0.2, -0.15) is 0 Å². The molecule has 0 aromatic heterocycles. The quantitative estimate of drug-likeness (QED) is 0.393. The molecule has 2 aromatic rings. The van der Waals surface area contributed by atoms with E-state index in [9.17, 15) is 0 Å². The second-order valence-corrected chi connectivity index (χ2v) is 7.40. The molecule has 0 unspecified atom stereocenters. The van der Waals surface area contributed by atoms with E-state index >= 15 is 0 Å². The molecule has 0 spiro atoms. The van der Waals surface area contributed by atoms with Gasteiger partial charge in [-0.15, -0.1) is 5.92 Å². The minimum absolute atomic E-state index is 0.738. The molecule has 0 heterocycles. The topological polar surface area (TPSA) is 0 Å². The van der Waals surface area contributed by atoms with Crippen molar-refractivity contribution in [3.63, 3.8) is 0 Å². The second-order valence-electron chi connectivity index (χ2n) is 7.40. The lowest BCUT2D eigenvalue weighted by Crippen LogP contribution is -2.11. The lowest BCUT2D eigenvalue weighted by molar-refractivity contribution is 0.375. The number of unbranched alkanes of at least 4 members (excludes halogenated alkanes) is 1. The number of rotatable bonds is 5. The Balaban J connectivity index is 1.60. The van der Waals surface area contributed by atoms with Gasteiger partial charge < -0.3 is 0 Å². The average Bonchev–Trinajstić information content (AvgIpc) is 2.70. The third kappa shape index (κ3) is 4.89. The van der Waals surface area contributed by atoms with Crippen LogP contribution in [-0.4, -0.2) is 0 Å². The fourth-order valence-corrected chi connectivity index (χ4v) is 3.94. The van der Waals surface area contributed by atoms with Crippen molar-refractivity contribution in [2.75, 3.05) is 0 Å². The third-order valence-corrected chi connectivity index (χ3v) is 5.51. The first-order valence-electron chi connectivity index (χ1n) is 10.1. The molecule has 0 radical (unpaired) electrons. The zero-order valence-electron chi connectivity index (χ0n) is 16.2. The molecule has 0 aliphatic heterocycles. The lowest BCUT2D eigenvalue weighted by atomic mass is 9.78. The standard InChI is InChI=1S/C26H30/c1-3-5-6-8-22-11-15-24(16-12-22)26-19-17-25(18-20-26)23-13-9-21(7-4-2)10-14-23/h6,8-10,13-14,17-20,22,24H,3,5,11-12,15-16H2,1-2H3/b8-6+/t22-,24-. The van der Waals surface area contributed by atoms with Crippen molar-refractivity contribution in [2.45, 2.75) is 58.3 Å². The Kier molecular flexibility index (Phi) is 6.73. The highest BCUT2D eigenvalue weighted by atomic mass is 14.3. The predicted octanol–water partition coefficient (Wildman–Crippen LogP) is 7.36. The van der Waals surface area contributed by atoms with Crippen molar-refractivity contribution < 1.29 is 0 Å². The SMILES string of the molecule is CC#Cc1ccc(-c2ccc([C@H]3CC[C@H](/C=C/CCC)CC3)cc2)cc1. The summed E-state index contributed by atoms with van der Waals surface area (Å²) >= 11 is 0. The minimum Gasteiger partial charge on any atom is -0.101 e. The molecule has 0 saturated heterocycles. The van der Waals surface area contributed by atoms with Gasteiger partial charge in [0.1, 0.15) is 0 Å². The minimum atomic E-state index is 0.738. The van der Waals surface area contributed by atoms with E-state index in [-0.39, 0.29) is 0 Å². The maximum atomic E-state index is 3.10. The Morgan fingerprint density at radius 1 is 0.885 bits per heavy atom. The monoisotopic (exact) mass is 342 g/mol. The number of hydrogen-bond donors (Lipinski definition) is 0. The van der Waals surface area contributed by atoms with Crippen LogP contribution >= 0.6 is 0 Å². The largest absolute Gasteiger partial charge is 0.101 e. The molecule has 0 nitrogen and oxygen atoms in total. The van der Waals surface area contributed by atoms with Crippen LogP contribution in [0.15, 0.2) is 60.7 Å². The van der Waals surface area contributed by atoms with E-state index in [1.165, 1.54) is 55.2 Å². The van der Waals surface area contributed by atoms with E-state index < -0.39 is 0 Å². The first kappa shape index (κ1) is 18.5. The molecule has 1 aliphatic carbocycles. The molecule has 0 atom stereocenters. The molecule has 0 N–H and O–H groups in total. The number of hydrogen-bond acceptors (Lipinski definition) is 0. The first-order valence-corrected chi connectivity index (χ1v) is 10.1. The summed E-state index contributed by atoms with van der Waals surface area (Å²) in [6, 6.07) is 17.8. The van der Waals surface area contributed by atoms with Crippen LogP contribution in [0.5, 0.6) is 0 Å². The van der Waals surface area contributed by atoms with E-state index in [0.717, 1.165) is 17.4 Å². The summed E-state index contributed by atoms with van der Waals surface area (Å²) in [5, 5.41) is 0. The van der Waals surface area contributed by atoms with Gasteiger partial charge in [-0.25, -0.2) is 0 Å². The van der Waals surface area contributed by atoms with Crippen molar-refractivity contribution in [1.29, 1.82) is 0 Å². The van der Waals surface area contributed by atoms with Crippen molar-refractivity contribution in [1.82, 2.24) is 0 Å². The Hall–Kier alpha value is -2.26. The van der Waals surface area contributed by atoms with Gasteiger partial charge in [-0.05, 0) is 79.7 Å². The van der Waals surface area contributed by atoms with Gasteiger partial charge in [0.15, 0.2) is 0 Å². The molecular formula is C26H30. The molecule has 134 valence electrons. The molecule has 2 aromatic carbocycles. The summed E-state index contributed by atoms with van der Waals surface area (Å²) in [6.07, 6.45) is 12.7. The molecule has 1 aliphatic rings. The van der Waals surface area contributed by atoms with Gasteiger partial charge in [-0.3, -0.25) is 0 Å². The third-order valence-electron chi connectivity index (χ3n) is 5.51. The summed E-state index contributed by atoms with van der Waals surface area (Å²) in [5.74, 6) is 7.60. The molecular weight excluding hydrogens is 312 g/mol. The molecule has 1 saturated carbocycles. The fourth-order valence-electron chi connectivity index (χ4n) is 3.94. The van der Waals surface area contributed by atoms with E-state index in [2.05, 4.69) is 79.4 Å². The van der Waals surface area contributed by atoms with Crippen molar-refractivity contribution >= 4 is 0 Å². The van der Waals surface area contributed by atoms with E-state index in [0.29, 0.717) is 0 Å². The number of benzene rings is 2. The second kappa shape index (κ2) is 9.44. The molecule has 1 fully saturated rings. The van der Waals surface area contributed by atoms with Crippen molar-refractivity contribution in [3.8, 4) is 23.0 Å². The first-order chi connectivity index (χ1) is 12.8. The molecule has 0 bridgehead atoms. The summed E-state index contributed by atoms with van der Waals surface area (Å²) in [6.45, 7) is 4.13. The lowest BCUT2D eigenvalue weighted by Gasteiger charge is -2.27. The van der Waals surface area contributed by atoms with Crippen LogP contribution in [0.25, 0.3) is 11.1 Å². The Morgan fingerprint density at radius 2 is 1.50 bits per heavy atom. The molecule has 26 heavy (non-hydrogen) atoms. The Labute approximate surface area is 159 Å². The van der Waals surface area contributed by atoms with Crippen LogP contribution in [0.3, 0.4) is 0 Å². The van der Waals surface area contributed by atoms with Gasteiger partial charge in [0.2, 0.25) is 0 Å². The maximum absolute atomic E-state index is 3.10. The Morgan fingerprint density at radius 3 is 2.08 bits per heavy atom. The number of allylic oxidation sites excluding steroid dienone is 2. The van der Waals surface area contributed by atoms with Crippen LogP contribution in [0, 0.1) is 17.8 Å². The highest BCUT2D eigenvalue weighted by molar-refractivity contribution is 5.64. The van der Waals surface area contributed by atoms with Gasteiger partial charge in [0, 0.05) is 5.56 Å². The summed E-state index contributed by atoms with van der Waals surface area (Å²) in [7, 11) is 0. The van der Waals surface area contributed by atoms with Gasteiger partial charge in [0.25, 0.3) is 0 Å². The van der Waals surface area contributed by atoms with Gasteiger partial charge >= 0.3 is 0 Å². The van der Waals surface area contributed by atoms with Crippen molar-refractivity contribution in [3.05, 3.63) is 71.8 Å². The zero-order chi connectivity index (χ0) is 18.2. The predicted molar refractivity (Wildman–Crippen MR) is 113 cm³/mol. The van der Waals surface area contributed by atoms with E-state index in [1.807, 2.05) is 6.92 Å². The van der Waals surface area contributed by atoms with Crippen molar-refractivity contribution in [2.24, 2.45) is 5.92 Å². The summed E-state index contributed by atoms with van der Waals surface area (Å²) in [5.41, 5.74) is 5.15. The highest BCUT2D eigenvalue weighted by Crippen LogP contribution is 2.37. The van der Waals surface area contributed by atoms with Crippen LogP contribution in [-0.2, 0) is 0 Å². The highest BCUT2D eigenvalue weighted by Gasteiger charge is 2.20. The van der Waals surface area contributed by atoms with Crippen LogP contribution in [0.1, 0.15) is 69.4 Å². The summed E-state index contributed by atoms with van der Waals surface area (Å²) in [4.78, 5) is 0. The smallest absolute Gasteiger partial charge is 0.0245 e.